The molecule has 0 saturated carbocycles. The Morgan fingerprint density at radius 3 is 2.50 bits per heavy atom. The van der Waals surface area contributed by atoms with E-state index in [-0.39, 0.29) is 5.69 Å². The number of halogens is 1. The normalized spacial score (nSPS) is 10.7. The standard InChI is InChI=1S/C13H9ClN2O2/c14-11-6-2-3-7-12(11)15-9-10-5-1-4-8-13(10)16(17)18/h1-9H. The van der Waals surface area contributed by atoms with Gasteiger partial charge in [-0.1, -0.05) is 35.9 Å². The smallest absolute Gasteiger partial charge is 0.258 e. The van der Waals surface area contributed by atoms with E-state index in [0.717, 1.165) is 0 Å². The van der Waals surface area contributed by atoms with Crippen LogP contribution in [0.5, 0.6) is 0 Å². The Kier molecular flexibility index (Phi) is 3.69. The van der Waals surface area contributed by atoms with Crippen LogP contribution in [0.1, 0.15) is 5.56 Å². The Labute approximate surface area is 109 Å². The molecule has 0 spiro atoms. The quantitative estimate of drug-likeness (QED) is 0.476. The Morgan fingerprint density at radius 2 is 1.78 bits per heavy atom. The summed E-state index contributed by atoms with van der Waals surface area (Å²) in [6.45, 7) is 0. The van der Waals surface area contributed by atoms with Crippen molar-refractivity contribution >= 4 is 29.2 Å². The fourth-order valence-electron chi connectivity index (χ4n) is 1.46. The molecule has 2 aromatic rings. The summed E-state index contributed by atoms with van der Waals surface area (Å²) in [5.41, 5.74) is 1.05. The largest absolute Gasteiger partial charge is 0.278 e. The average molecular weight is 261 g/mol. The van der Waals surface area contributed by atoms with Crippen LogP contribution in [-0.2, 0) is 0 Å². The lowest BCUT2D eigenvalue weighted by Crippen LogP contribution is -1.93. The summed E-state index contributed by atoms with van der Waals surface area (Å²) >= 11 is 5.95. The van der Waals surface area contributed by atoms with Crippen molar-refractivity contribution in [2.75, 3.05) is 0 Å². The van der Waals surface area contributed by atoms with Crippen molar-refractivity contribution in [1.29, 1.82) is 0 Å². The van der Waals surface area contributed by atoms with Crippen LogP contribution in [0.3, 0.4) is 0 Å². The summed E-state index contributed by atoms with van der Waals surface area (Å²) in [6.07, 6.45) is 1.44. The van der Waals surface area contributed by atoms with Crippen LogP contribution < -0.4 is 0 Å². The molecule has 0 radical (unpaired) electrons. The maximum atomic E-state index is 10.8. The van der Waals surface area contributed by atoms with Crippen LogP contribution in [-0.4, -0.2) is 11.1 Å². The van der Waals surface area contributed by atoms with Gasteiger partial charge in [0, 0.05) is 12.3 Å². The lowest BCUT2D eigenvalue weighted by Gasteiger charge is -1.98. The Hall–Kier alpha value is -2.20. The van der Waals surface area contributed by atoms with Gasteiger partial charge in [-0.25, -0.2) is 0 Å². The molecule has 90 valence electrons. The molecule has 2 aromatic carbocycles. The molecule has 0 aliphatic heterocycles. The lowest BCUT2D eigenvalue weighted by molar-refractivity contribution is -0.385. The second-order valence-electron chi connectivity index (χ2n) is 3.53. The SMILES string of the molecule is O=[N+]([O-])c1ccccc1C=Nc1ccccc1Cl. The van der Waals surface area contributed by atoms with Crippen LogP contribution in [0.4, 0.5) is 11.4 Å². The zero-order chi connectivity index (χ0) is 13.0. The fourth-order valence-corrected chi connectivity index (χ4v) is 1.64. The number of nitro groups is 1. The van der Waals surface area contributed by atoms with Crippen molar-refractivity contribution in [3.63, 3.8) is 0 Å². The van der Waals surface area contributed by atoms with Crippen LogP contribution in [0.25, 0.3) is 0 Å². The summed E-state index contributed by atoms with van der Waals surface area (Å²) in [4.78, 5) is 14.5. The molecule has 0 heterocycles. The van der Waals surface area contributed by atoms with E-state index in [2.05, 4.69) is 4.99 Å². The van der Waals surface area contributed by atoms with Gasteiger partial charge < -0.3 is 0 Å². The predicted octanol–water partition coefficient (Wildman–Crippen LogP) is 4.00. The van der Waals surface area contributed by atoms with E-state index in [0.29, 0.717) is 16.3 Å². The molecular formula is C13H9ClN2O2. The number of hydrogen-bond acceptors (Lipinski definition) is 3. The first kappa shape index (κ1) is 12.3. The number of nitrogens with zero attached hydrogens (tertiary/aromatic N) is 2. The fraction of sp³-hybridized carbons (Fsp3) is 0. The zero-order valence-corrected chi connectivity index (χ0v) is 10.0. The van der Waals surface area contributed by atoms with E-state index >= 15 is 0 Å². The zero-order valence-electron chi connectivity index (χ0n) is 9.29. The molecule has 0 unspecified atom stereocenters. The van der Waals surface area contributed by atoms with Gasteiger partial charge in [0.2, 0.25) is 0 Å². The van der Waals surface area contributed by atoms with E-state index in [1.807, 2.05) is 0 Å². The minimum absolute atomic E-state index is 0.0216. The van der Waals surface area contributed by atoms with E-state index in [1.165, 1.54) is 12.3 Å². The second-order valence-corrected chi connectivity index (χ2v) is 3.93. The van der Waals surface area contributed by atoms with Crippen molar-refractivity contribution in [3.8, 4) is 0 Å². The van der Waals surface area contributed by atoms with Crippen LogP contribution in [0, 0.1) is 10.1 Å². The Balaban J connectivity index is 2.35. The number of nitro benzene ring substituents is 1. The summed E-state index contributed by atoms with van der Waals surface area (Å²) in [6, 6.07) is 13.5. The monoisotopic (exact) mass is 260 g/mol. The molecule has 0 amide bonds. The third-order valence-corrected chi connectivity index (χ3v) is 2.65. The minimum atomic E-state index is -0.437. The van der Waals surface area contributed by atoms with Gasteiger partial charge in [0.05, 0.1) is 21.2 Å². The Bertz CT molecular complexity index is 611. The highest BCUT2D eigenvalue weighted by Gasteiger charge is 2.09. The van der Waals surface area contributed by atoms with Crippen molar-refractivity contribution in [1.82, 2.24) is 0 Å². The van der Waals surface area contributed by atoms with Crippen LogP contribution in [0.2, 0.25) is 5.02 Å². The maximum Gasteiger partial charge on any atom is 0.278 e. The van der Waals surface area contributed by atoms with E-state index < -0.39 is 4.92 Å². The summed E-state index contributed by atoms with van der Waals surface area (Å²) in [5, 5.41) is 11.3. The number of aliphatic imine (C=N–C) groups is 1. The molecule has 0 atom stereocenters. The predicted molar refractivity (Wildman–Crippen MR) is 71.8 cm³/mol. The van der Waals surface area contributed by atoms with Crippen LogP contribution >= 0.6 is 11.6 Å². The van der Waals surface area contributed by atoms with Gasteiger partial charge in [0.1, 0.15) is 0 Å². The number of para-hydroxylation sites is 2. The van der Waals surface area contributed by atoms with Crippen molar-refractivity contribution < 1.29 is 4.92 Å². The molecule has 0 aromatic heterocycles. The highest BCUT2D eigenvalue weighted by Crippen LogP contribution is 2.24. The van der Waals surface area contributed by atoms with E-state index in [9.17, 15) is 10.1 Å². The van der Waals surface area contributed by atoms with E-state index in [4.69, 9.17) is 11.6 Å². The average Bonchev–Trinajstić information content (AvgIpc) is 2.38. The van der Waals surface area contributed by atoms with Crippen LogP contribution in [0.15, 0.2) is 53.5 Å². The molecule has 0 aliphatic rings. The lowest BCUT2D eigenvalue weighted by atomic mass is 10.2. The molecule has 2 rings (SSSR count). The third-order valence-electron chi connectivity index (χ3n) is 2.33. The van der Waals surface area contributed by atoms with E-state index in [1.54, 1.807) is 42.5 Å². The van der Waals surface area contributed by atoms with Gasteiger partial charge in [-0.3, -0.25) is 15.1 Å². The maximum absolute atomic E-state index is 10.8. The van der Waals surface area contributed by atoms with Gasteiger partial charge in [-0.2, -0.15) is 0 Å². The summed E-state index contributed by atoms with van der Waals surface area (Å²) in [7, 11) is 0. The highest BCUT2D eigenvalue weighted by atomic mass is 35.5. The molecular weight excluding hydrogens is 252 g/mol. The van der Waals surface area contributed by atoms with Gasteiger partial charge in [-0.15, -0.1) is 0 Å². The molecule has 18 heavy (non-hydrogen) atoms. The molecule has 0 saturated heterocycles. The molecule has 5 heteroatoms. The van der Waals surface area contributed by atoms with Crippen molar-refractivity contribution in [2.45, 2.75) is 0 Å². The first-order valence-corrected chi connectivity index (χ1v) is 5.58. The summed E-state index contributed by atoms with van der Waals surface area (Å²) < 4.78 is 0. The molecule has 0 aliphatic carbocycles. The molecule has 4 nitrogen and oxygen atoms in total. The summed E-state index contributed by atoms with van der Waals surface area (Å²) in [5.74, 6) is 0. The minimum Gasteiger partial charge on any atom is -0.258 e. The molecule has 0 bridgehead atoms. The topological polar surface area (TPSA) is 55.5 Å². The first-order chi connectivity index (χ1) is 8.68. The van der Waals surface area contributed by atoms with Crippen molar-refractivity contribution in [3.05, 3.63) is 69.2 Å². The Morgan fingerprint density at radius 1 is 1.11 bits per heavy atom. The highest BCUT2D eigenvalue weighted by molar-refractivity contribution is 6.33. The first-order valence-electron chi connectivity index (χ1n) is 5.20. The molecule has 0 N–H and O–H groups in total. The van der Waals surface area contributed by atoms with Gasteiger partial charge in [-0.05, 0) is 18.2 Å². The second kappa shape index (κ2) is 5.42. The van der Waals surface area contributed by atoms with Gasteiger partial charge in [0.25, 0.3) is 5.69 Å². The van der Waals surface area contributed by atoms with Gasteiger partial charge >= 0.3 is 0 Å². The third kappa shape index (κ3) is 2.73. The number of hydrogen-bond donors (Lipinski definition) is 0. The van der Waals surface area contributed by atoms with Gasteiger partial charge in [0.15, 0.2) is 0 Å². The number of rotatable bonds is 3. The molecule has 0 fully saturated rings. The number of benzene rings is 2. The van der Waals surface area contributed by atoms with Crippen molar-refractivity contribution in [2.24, 2.45) is 4.99 Å².